The van der Waals surface area contributed by atoms with E-state index in [1.807, 2.05) is 47.4 Å². The van der Waals surface area contributed by atoms with Gasteiger partial charge < -0.3 is 14.4 Å². The fourth-order valence-corrected chi connectivity index (χ4v) is 5.09. The lowest BCUT2D eigenvalue weighted by molar-refractivity contribution is -0.136. The maximum Gasteiger partial charge on any atom is 0.245 e. The van der Waals surface area contributed by atoms with Gasteiger partial charge in [-0.05, 0) is 42.8 Å². The number of hydrogen-bond acceptors (Lipinski definition) is 3. The van der Waals surface area contributed by atoms with Crippen LogP contribution in [0.15, 0.2) is 42.5 Å². The quantitative estimate of drug-likeness (QED) is 0.459. The van der Waals surface area contributed by atoms with Crippen LogP contribution in [0.5, 0.6) is 0 Å². The van der Waals surface area contributed by atoms with Crippen LogP contribution in [-0.4, -0.2) is 58.0 Å². The summed E-state index contributed by atoms with van der Waals surface area (Å²) in [6, 6.07) is 13.3. The molecule has 170 valence electrons. The molecule has 1 atom stereocenters. The fraction of sp³-hybridized carbons (Fsp3) is 0.440. The molecule has 0 unspecified atom stereocenters. The number of likely N-dealkylation sites (N-methyl/N-ethyl adjacent to an activating group) is 1. The van der Waals surface area contributed by atoms with E-state index in [2.05, 4.69) is 23.3 Å². The Kier molecular flexibility index (Phi) is 7.39. The van der Waals surface area contributed by atoms with Crippen molar-refractivity contribution in [2.45, 2.75) is 39.2 Å². The first-order valence-electron chi connectivity index (χ1n) is 11.4. The number of aromatic nitrogens is 2. The van der Waals surface area contributed by atoms with Gasteiger partial charge in [0.25, 0.3) is 0 Å². The van der Waals surface area contributed by atoms with Crippen molar-refractivity contribution in [3.8, 4) is 0 Å². The van der Waals surface area contributed by atoms with Gasteiger partial charge >= 0.3 is 0 Å². The summed E-state index contributed by atoms with van der Waals surface area (Å²) in [5, 5.41) is 1.23. The van der Waals surface area contributed by atoms with E-state index in [1.54, 1.807) is 0 Å². The normalized spacial score (nSPS) is 15.9. The Hall–Kier alpha value is -2.08. The maximum atomic E-state index is 13.8. The average Bonchev–Trinajstić information content (AvgIpc) is 3.17. The molecule has 5 nitrogen and oxygen atoms in total. The molecular weight excluding hydrogens is 443 g/mol. The van der Waals surface area contributed by atoms with Crippen LogP contribution in [0.4, 0.5) is 0 Å². The fourth-order valence-electron chi connectivity index (χ4n) is 4.56. The third-order valence-corrected chi connectivity index (χ3v) is 7.06. The molecule has 32 heavy (non-hydrogen) atoms. The molecule has 0 saturated carbocycles. The lowest BCUT2D eigenvalue weighted by Gasteiger charge is -2.36. The molecular formula is C25H30Cl2N4O. The molecule has 2 aromatic carbocycles. The first kappa shape index (κ1) is 23.1. The highest BCUT2D eigenvalue weighted by molar-refractivity contribution is 6.36. The van der Waals surface area contributed by atoms with Crippen LogP contribution >= 0.6 is 23.2 Å². The molecule has 1 fully saturated rings. The number of carbonyl (C=O) groups excluding carboxylic acids is 1. The van der Waals surface area contributed by atoms with Crippen molar-refractivity contribution < 1.29 is 4.79 Å². The van der Waals surface area contributed by atoms with E-state index >= 15 is 0 Å². The molecule has 0 N–H and O–H groups in total. The van der Waals surface area contributed by atoms with Crippen molar-refractivity contribution in [2.75, 3.05) is 32.7 Å². The highest BCUT2D eigenvalue weighted by atomic mass is 35.5. The van der Waals surface area contributed by atoms with Gasteiger partial charge in [-0.1, -0.05) is 61.7 Å². The smallest absolute Gasteiger partial charge is 0.245 e. The van der Waals surface area contributed by atoms with Crippen LogP contribution < -0.4 is 0 Å². The van der Waals surface area contributed by atoms with E-state index in [4.69, 9.17) is 28.2 Å². The molecule has 0 bridgehead atoms. The standard InChI is InChI=1S/C25H30Cl2N4O/c1-3-8-23(25(32)30-15-13-29(4-2)14-16-30)31-22-12-6-5-11-21(22)28-24(31)17-18-19(26)9-7-10-20(18)27/h5-7,9-12,23H,3-4,8,13-17H2,1-2H3/t23-/m0/s1. The highest BCUT2D eigenvalue weighted by Crippen LogP contribution is 2.31. The number of rotatable bonds is 7. The second-order valence-corrected chi connectivity index (χ2v) is 9.14. The summed E-state index contributed by atoms with van der Waals surface area (Å²) in [5.74, 6) is 0.998. The molecule has 1 saturated heterocycles. The lowest BCUT2D eigenvalue weighted by atomic mass is 10.1. The molecule has 1 aliphatic rings. The molecule has 1 amide bonds. The van der Waals surface area contributed by atoms with Crippen LogP contribution in [0.3, 0.4) is 0 Å². The number of fused-ring (bicyclic) bond motifs is 1. The van der Waals surface area contributed by atoms with Crippen LogP contribution in [0.1, 0.15) is 44.1 Å². The Balaban J connectivity index is 1.74. The molecule has 7 heteroatoms. The van der Waals surface area contributed by atoms with Crippen molar-refractivity contribution in [2.24, 2.45) is 0 Å². The van der Waals surface area contributed by atoms with Gasteiger partial charge in [0.2, 0.25) is 5.91 Å². The summed E-state index contributed by atoms with van der Waals surface area (Å²) in [7, 11) is 0. The van der Waals surface area contributed by atoms with Gasteiger partial charge in [0.05, 0.1) is 11.0 Å². The molecule has 0 radical (unpaired) electrons. The van der Waals surface area contributed by atoms with Gasteiger partial charge in [0, 0.05) is 42.6 Å². The van der Waals surface area contributed by atoms with Crippen LogP contribution in [-0.2, 0) is 11.2 Å². The maximum absolute atomic E-state index is 13.8. The van der Waals surface area contributed by atoms with Gasteiger partial charge in [0.15, 0.2) is 0 Å². The van der Waals surface area contributed by atoms with Crippen LogP contribution in [0.2, 0.25) is 10.0 Å². The second-order valence-electron chi connectivity index (χ2n) is 8.33. The highest BCUT2D eigenvalue weighted by Gasteiger charge is 2.31. The summed E-state index contributed by atoms with van der Waals surface area (Å²) in [5.41, 5.74) is 2.70. The summed E-state index contributed by atoms with van der Waals surface area (Å²) < 4.78 is 2.13. The zero-order chi connectivity index (χ0) is 22.7. The summed E-state index contributed by atoms with van der Waals surface area (Å²) >= 11 is 13.0. The Morgan fingerprint density at radius 2 is 1.69 bits per heavy atom. The van der Waals surface area contributed by atoms with Crippen molar-refractivity contribution >= 4 is 40.1 Å². The minimum atomic E-state index is -0.295. The van der Waals surface area contributed by atoms with Gasteiger partial charge in [-0.3, -0.25) is 4.79 Å². The first-order chi connectivity index (χ1) is 15.5. The number of carbonyl (C=O) groups is 1. The lowest BCUT2D eigenvalue weighted by Crippen LogP contribution is -2.50. The molecule has 1 aromatic heterocycles. The number of amides is 1. The zero-order valence-corrected chi connectivity index (χ0v) is 20.2. The topological polar surface area (TPSA) is 41.4 Å². The molecule has 3 aromatic rings. The minimum absolute atomic E-state index is 0.178. The summed E-state index contributed by atoms with van der Waals surface area (Å²) in [6.45, 7) is 8.70. The Morgan fingerprint density at radius 1 is 1.00 bits per heavy atom. The number of piperazine rings is 1. The molecule has 4 rings (SSSR count). The van der Waals surface area contributed by atoms with Gasteiger partial charge in [-0.25, -0.2) is 4.98 Å². The number of halogens is 2. The third-order valence-electron chi connectivity index (χ3n) is 6.36. The average molecular weight is 473 g/mol. The van der Waals surface area contributed by atoms with Gasteiger partial charge in [-0.15, -0.1) is 0 Å². The number of hydrogen-bond donors (Lipinski definition) is 0. The summed E-state index contributed by atoms with van der Waals surface area (Å²) in [6.07, 6.45) is 2.14. The summed E-state index contributed by atoms with van der Waals surface area (Å²) in [4.78, 5) is 23.1. The van der Waals surface area contributed by atoms with Crippen molar-refractivity contribution in [1.29, 1.82) is 0 Å². The molecule has 2 heterocycles. The van der Waals surface area contributed by atoms with Crippen molar-refractivity contribution in [3.63, 3.8) is 0 Å². The van der Waals surface area contributed by atoms with Crippen LogP contribution in [0.25, 0.3) is 11.0 Å². The SMILES string of the molecule is CCC[C@@H](C(=O)N1CCN(CC)CC1)n1c(Cc2c(Cl)cccc2Cl)nc2ccccc21. The van der Waals surface area contributed by atoms with Crippen molar-refractivity contribution in [1.82, 2.24) is 19.4 Å². The predicted octanol–water partition coefficient (Wildman–Crippen LogP) is 5.44. The third kappa shape index (κ3) is 4.66. The first-order valence-corrected chi connectivity index (χ1v) is 12.2. The van der Waals surface area contributed by atoms with Gasteiger partial charge in [0.1, 0.15) is 11.9 Å². The number of para-hydroxylation sites is 2. The Labute approximate surface area is 199 Å². The Morgan fingerprint density at radius 3 is 2.34 bits per heavy atom. The monoisotopic (exact) mass is 472 g/mol. The largest absolute Gasteiger partial charge is 0.338 e. The molecule has 0 aliphatic carbocycles. The Bertz CT molecular complexity index is 1070. The van der Waals surface area contributed by atoms with E-state index < -0.39 is 0 Å². The predicted molar refractivity (Wildman–Crippen MR) is 132 cm³/mol. The number of benzene rings is 2. The van der Waals surface area contributed by atoms with E-state index in [1.165, 1.54) is 0 Å². The van der Waals surface area contributed by atoms with Gasteiger partial charge in [-0.2, -0.15) is 0 Å². The van der Waals surface area contributed by atoms with E-state index in [-0.39, 0.29) is 11.9 Å². The van der Waals surface area contributed by atoms with E-state index in [0.29, 0.717) is 16.5 Å². The van der Waals surface area contributed by atoms with Crippen molar-refractivity contribution in [3.05, 3.63) is 63.9 Å². The minimum Gasteiger partial charge on any atom is -0.338 e. The molecule has 0 spiro atoms. The second kappa shape index (κ2) is 10.2. The van der Waals surface area contributed by atoms with Crippen LogP contribution in [0, 0.1) is 0 Å². The zero-order valence-electron chi connectivity index (χ0n) is 18.7. The number of nitrogens with zero attached hydrogens (tertiary/aromatic N) is 4. The van der Waals surface area contributed by atoms with E-state index in [9.17, 15) is 4.79 Å². The molecule has 1 aliphatic heterocycles. The number of imidazole rings is 1. The van der Waals surface area contributed by atoms with E-state index in [0.717, 1.165) is 68.0 Å².